The molecule has 0 aliphatic heterocycles. The van der Waals surface area contributed by atoms with Crippen LogP contribution < -0.4 is 5.73 Å². The molecule has 0 spiro atoms. The summed E-state index contributed by atoms with van der Waals surface area (Å²) in [6.45, 7) is 1.96. The molecule has 0 saturated carbocycles. The van der Waals surface area contributed by atoms with Gasteiger partial charge in [0.25, 0.3) is 0 Å². The van der Waals surface area contributed by atoms with Gasteiger partial charge < -0.3 is 15.6 Å². The molecule has 18 heavy (non-hydrogen) atoms. The van der Waals surface area contributed by atoms with E-state index in [4.69, 9.17) is 10.5 Å². The molecule has 0 radical (unpaired) electrons. The second kappa shape index (κ2) is 5.28. The lowest BCUT2D eigenvalue weighted by molar-refractivity contribution is 0.0576. The van der Waals surface area contributed by atoms with Crippen LogP contribution in [-0.4, -0.2) is 37.8 Å². The lowest BCUT2D eigenvalue weighted by Crippen LogP contribution is -2.12. The summed E-state index contributed by atoms with van der Waals surface area (Å²) in [6.07, 6.45) is 3.61. The second-order valence-corrected chi connectivity index (χ2v) is 4.19. The van der Waals surface area contributed by atoms with E-state index in [0.717, 1.165) is 6.42 Å². The third-order valence-corrected chi connectivity index (χ3v) is 2.94. The van der Waals surface area contributed by atoms with Gasteiger partial charge in [0.1, 0.15) is 18.1 Å². The normalized spacial score (nSPS) is 14.8. The Kier molecular flexibility index (Phi) is 3.73. The average Bonchev–Trinajstić information content (AvgIpc) is 2.81. The standard InChI is InChI=1S/C11H17N5O2/c1-7(18-2)3-4-8(17)16-6-15-9-10(12)13-5-14-11(9)16/h5-8,17H,3-4H2,1-2H3,(H2,12,13,14). The molecule has 0 aromatic carbocycles. The van der Waals surface area contributed by atoms with Crippen LogP contribution in [0.25, 0.3) is 11.2 Å². The molecule has 0 amide bonds. The van der Waals surface area contributed by atoms with Crippen molar-refractivity contribution >= 4 is 17.0 Å². The summed E-state index contributed by atoms with van der Waals surface area (Å²) in [5.41, 5.74) is 6.74. The van der Waals surface area contributed by atoms with Crippen LogP contribution >= 0.6 is 0 Å². The maximum Gasteiger partial charge on any atom is 0.167 e. The summed E-state index contributed by atoms with van der Waals surface area (Å²) in [5, 5.41) is 10.1. The molecule has 0 saturated heterocycles. The molecule has 0 bridgehead atoms. The van der Waals surface area contributed by atoms with Crippen LogP contribution in [0.4, 0.5) is 5.82 Å². The fourth-order valence-corrected chi connectivity index (χ4v) is 1.73. The minimum Gasteiger partial charge on any atom is -0.382 e. The second-order valence-electron chi connectivity index (χ2n) is 4.19. The monoisotopic (exact) mass is 251 g/mol. The van der Waals surface area contributed by atoms with Crippen molar-refractivity contribution in [2.45, 2.75) is 32.1 Å². The van der Waals surface area contributed by atoms with Crippen LogP contribution in [-0.2, 0) is 4.74 Å². The number of imidazole rings is 1. The van der Waals surface area contributed by atoms with Gasteiger partial charge in [0.15, 0.2) is 11.5 Å². The van der Waals surface area contributed by atoms with Crippen molar-refractivity contribution in [1.82, 2.24) is 19.5 Å². The molecular formula is C11H17N5O2. The number of hydrogen-bond acceptors (Lipinski definition) is 6. The highest BCUT2D eigenvalue weighted by Gasteiger charge is 2.14. The molecule has 0 aliphatic rings. The minimum atomic E-state index is -0.693. The quantitative estimate of drug-likeness (QED) is 0.812. The van der Waals surface area contributed by atoms with Gasteiger partial charge in [-0.15, -0.1) is 0 Å². The number of rotatable bonds is 5. The molecule has 2 unspecified atom stereocenters. The highest BCUT2D eigenvalue weighted by molar-refractivity contribution is 5.81. The zero-order valence-electron chi connectivity index (χ0n) is 10.4. The number of nitrogens with two attached hydrogens (primary N) is 1. The zero-order valence-corrected chi connectivity index (χ0v) is 10.4. The van der Waals surface area contributed by atoms with Gasteiger partial charge in [-0.25, -0.2) is 15.0 Å². The van der Waals surface area contributed by atoms with Gasteiger partial charge in [0.2, 0.25) is 0 Å². The van der Waals surface area contributed by atoms with Crippen LogP contribution in [0.5, 0.6) is 0 Å². The predicted octanol–water partition coefficient (Wildman–Crippen LogP) is 0.714. The Morgan fingerprint density at radius 1 is 1.39 bits per heavy atom. The van der Waals surface area contributed by atoms with Crippen LogP contribution in [0, 0.1) is 0 Å². The third-order valence-electron chi connectivity index (χ3n) is 2.94. The number of methoxy groups -OCH3 is 1. The molecule has 2 atom stereocenters. The van der Waals surface area contributed by atoms with E-state index in [1.807, 2.05) is 6.92 Å². The number of nitrogens with zero attached hydrogens (tertiary/aromatic N) is 4. The van der Waals surface area contributed by atoms with Crippen molar-refractivity contribution in [3.8, 4) is 0 Å². The van der Waals surface area contributed by atoms with E-state index in [-0.39, 0.29) is 6.10 Å². The Labute approximate surface area is 105 Å². The number of ether oxygens (including phenoxy) is 1. The van der Waals surface area contributed by atoms with Gasteiger partial charge in [-0.2, -0.15) is 0 Å². The first-order chi connectivity index (χ1) is 8.63. The maximum absolute atomic E-state index is 10.1. The zero-order chi connectivity index (χ0) is 13.1. The highest BCUT2D eigenvalue weighted by Crippen LogP contribution is 2.20. The van der Waals surface area contributed by atoms with Crippen molar-refractivity contribution < 1.29 is 9.84 Å². The smallest absolute Gasteiger partial charge is 0.167 e. The number of aliphatic hydroxyl groups excluding tert-OH is 1. The number of anilines is 1. The first kappa shape index (κ1) is 12.7. The lowest BCUT2D eigenvalue weighted by atomic mass is 10.2. The highest BCUT2D eigenvalue weighted by atomic mass is 16.5. The number of hydrogen-bond donors (Lipinski definition) is 2. The van der Waals surface area contributed by atoms with E-state index in [0.29, 0.717) is 23.4 Å². The Morgan fingerprint density at radius 2 is 2.17 bits per heavy atom. The van der Waals surface area contributed by atoms with E-state index >= 15 is 0 Å². The minimum absolute atomic E-state index is 0.106. The van der Waals surface area contributed by atoms with Crippen molar-refractivity contribution in [3.05, 3.63) is 12.7 Å². The fraction of sp³-hybridized carbons (Fsp3) is 0.545. The molecular weight excluding hydrogens is 234 g/mol. The summed E-state index contributed by atoms with van der Waals surface area (Å²) in [6, 6.07) is 0. The number of aromatic nitrogens is 4. The fourth-order valence-electron chi connectivity index (χ4n) is 1.73. The topological polar surface area (TPSA) is 99.1 Å². The summed E-state index contributed by atoms with van der Waals surface area (Å²) in [7, 11) is 1.65. The molecule has 0 aliphatic carbocycles. The van der Waals surface area contributed by atoms with Crippen LogP contribution in [0.2, 0.25) is 0 Å². The Bertz CT molecular complexity index is 527. The van der Waals surface area contributed by atoms with E-state index < -0.39 is 6.23 Å². The van der Waals surface area contributed by atoms with E-state index in [1.165, 1.54) is 12.7 Å². The average molecular weight is 251 g/mol. The van der Waals surface area contributed by atoms with Gasteiger partial charge in [-0.3, -0.25) is 4.57 Å². The molecule has 2 heterocycles. The molecule has 2 aromatic rings. The Morgan fingerprint density at radius 3 is 2.89 bits per heavy atom. The van der Waals surface area contributed by atoms with E-state index in [2.05, 4.69) is 15.0 Å². The molecule has 0 fully saturated rings. The van der Waals surface area contributed by atoms with Crippen LogP contribution in [0.15, 0.2) is 12.7 Å². The largest absolute Gasteiger partial charge is 0.382 e. The molecule has 3 N–H and O–H groups in total. The lowest BCUT2D eigenvalue weighted by Gasteiger charge is -2.15. The first-order valence-corrected chi connectivity index (χ1v) is 5.77. The van der Waals surface area contributed by atoms with Gasteiger partial charge in [-0.05, 0) is 19.8 Å². The summed E-state index contributed by atoms with van der Waals surface area (Å²) in [4.78, 5) is 12.1. The molecule has 2 rings (SSSR count). The summed E-state index contributed by atoms with van der Waals surface area (Å²) >= 11 is 0. The van der Waals surface area contributed by atoms with Crippen molar-refractivity contribution in [1.29, 1.82) is 0 Å². The van der Waals surface area contributed by atoms with Gasteiger partial charge in [0, 0.05) is 7.11 Å². The van der Waals surface area contributed by atoms with Crippen molar-refractivity contribution in [2.24, 2.45) is 0 Å². The van der Waals surface area contributed by atoms with Crippen LogP contribution in [0.1, 0.15) is 26.0 Å². The van der Waals surface area contributed by atoms with E-state index in [1.54, 1.807) is 11.7 Å². The molecule has 98 valence electrons. The SMILES string of the molecule is COC(C)CCC(O)n1cnc2c(N)ncnc21. The summed E-state index contributed by atoms with van der Waals surface area (Å²) < 4.78 is 6.74. The Balaban J connectivity index is 2.18. The van der Waals surface area contributed by atoms with Gasteiger partial charge >= 0.3 is 0 Å². The molecule has 7 heteroatoms. The number of fused-ring (bicyclic) bond motifs is 1. The van der Waals surface area contributed by atoms with Crippen molar-refractivity contribution in [3.63, 3.8) is 0 Å². The molecule has 7 nitrogen and oxygen atoms in total. The number of nitrogen functional groups attached to an aromatic ring is 1. The maximum atomic E-state index is 10.1. The first-order valence-electron chi connectivity index (χ1n) is 5.77. The predicted molar refractivity (Wildman–Crippen MR) is 66.7 cm³/mol. The Hall–Kier alpha value is -1.73. The van der Waals surface area contributed by atoms with Crippen molar-refractivity contribution in [2.75, 3.05) is 12.8 Å². The van der Waals surface area contributed by atoms with Crippen LogP contribution in [0.3, 0.4) is 0 Å². The van der Waals surface area contributed by atoms with Gasteiger partial charge in [-0.1, -0.05) is 0 Å². The van der Waals surface area contributed by atoms with E-state index in [9.17, 15) is 5.11 Å². The molecule has 2 aromatic heterocycles. The van der Waals surface area contributed by atoms with Gasteiger partial charge in [0.05, 0.1) is 12.4 Å². The summed E-state index contributed by atoms with van der Waals surface area (Å²) in [5.74, 6) is 0.316. The number of aliphatic hydroxyl groups is 1. The third kappa shape index (κ3) is 2.41.